The van der Waals surface area contributed by atoms with Gasteiger partial charge < -0.3 is 15.7 Å². The first-order chi connectivity index (χ1) is 6.24. The van der Waals surface area contributed by atoms with Crippen molar-refractivity contribution in [1.82, 2.24) is 4.90 Å². The van der Waals surface area contributed by atoms with Gasteiger partial charge >= 0.3 is 0 Å². The number of fused-ring (bicyclic) bond motifs is 1. The third kappa shape index (κ3) is 1.16. The summed E-state index contributed by atoms with van der Waals surface area (Å²) in [6.07, 6.45) is 8.05. The lowest BCUT2D eigenvalue weighted by Gasteiger charge is -2.27. The number of hydrogen-bond acceptors (Lipinski definition) is 3. The van der Waals surface area contributed by atoms with Crippen LogP contribution in [-0.4, -0.2) is 29.7 Å². The second-order valence-corrected chi connectivity index (χ2v) is 3.49. The number of hydrogen-bond donors (Lipinski definition) is 2. The summed E-state index contributed by atoms with van der Waals surface area (Å²) in [6, 6.07) is 0.298. The van der Waals surface area contributed by atoms with Gasteiger partial charge in [-0.2, -0.15) is 0 Å². The van der Waals surface area contributed by atoms with E-state index in [4.69, 9.17) is 10.8 Å². The summed E-state index contributed by atoms with van der Waals surface area (Å²) in [4.78, 5) is 2.07. The number of likely N-dealkylation sites (N-methyl/N-ethyl adjacent to an activating group) is 1. The normalized spacial score (nSPS) is 31.4. The Balaban J connectivity index is 2.30. The molecule has 2 aliphatic rings. The van der Waals surface area contributed by atoms with Gasteiger partial charge in [0.25, 0.3) is 0 Å². The maximum absolute atomic E-state index is 9.08. The lowest BCUT2D eigenvalue weighted by atomic mass is 9.94. The molecule has 1 aliphatic carbocycles. The van der Waals surface area contributed by atoms with Crippen LogP contribution in [0.2, 0.25) is 0 Å². The van der Waals surface area contributed by atoms with Crippen LogP contribution in [-0.2, 0) is 0 Å². The van der Waals surface area contributed by atoms with Gasteiger partial charge in [-0.05, 0) is 6.08 Å². The van der Waals surface area contributed by atoms with E-state index in [-0.39, 0.29) is 12.5 Å². The zero-order valence-corrected chi connectivity index (χ0v) is 7.64. The van der Waals surface area contributed by atoms with E-state index in [1.807, 2.05) is 25.3 Å². The molecule has 0 saturated heterocycles. The highest BCUT2D eigenvalue weighted by Gasteiger charge is 2.32. The molecule has 0 aromatic rings. The van der Waals surface area contributed by atoms with Gasteiger partial charge in [0.2, 0.25) is 0 Å². The number of rotatable bonds is 1. The number of nitrogens with zero attached hydrogens (tertiary/aromatic N) is 1. The molecule has 1 aliphatic heterocycles. The van der Waals surface area contributed by atoms with Crippen LogP contribution < -0.4 is 5.73 Å². The maximum atomic E-state index is 9.08. The van der Waals surface area contributed by atoms with Crippen molar-refractivity contribution in [2.75, 3.05) is 13.7 Å². The molecule has 2 rings (SSSR count). The van der Waals surface area contributed by atoms with Crippen molar-refractivity contribution in [2.24, 2.45) is 11.7 Å². The van der Waals surface area contributed by atoms with Crippen LogP contribution in [0.15, 0.2) is 35.7 Å². The molecule has 3 nitrogen and oxygen atoms in total. The van der Waals surface area contributed by atoms with E-state index in [9.17, 15) is 0 Å². The van der Waals surface area contributed by atoms with Crippen molar-refractivity contribution < 1.29 is 5.11 Å². The minimum Gasteiger partial charge on any atom is -0.401 e. The van der Waals surface area contributed by atoms with Crippen LogP contribution in [0.25, 0.3) is 0 Å². The predicted octanol–water partition coefficient (Wildman–Crippen LogP) is 0.205. The van der Waals surface area contributed by atoms with Crippen LogP contribution in [0.5, 0.6) is 0 Å². The fourth-order valence-electron chi connectivity index (χ4n) is 1.95. The van der Waals surface area contributed by atoms with Crippen LogP contribution >= 0.6 is 0 Å². The molecule has 0 radical (unpaired) electrons. The molecule has 2 unspecified atom stereocenters. The van der Waals surface area contributed by atoms with E-state index in [2.05, 4.69) is 11.0 Å². The van der Waals surface area contributed by atoms with E-state index in [0.717, 1.165) is 11.4 Å². The Hall–Kier alpha value is -1.22. The van der Waals surface area contributed by atoms with Gasteiger partial charge in [0.1, 0.15) is 0 Å². The summed E-state index contributed by atoms with van der Waals surface area (Å²) in [5, 5.41) is 9.08. The fraction of sp³-hybridized carbons (Fsp3) is 0.400. The molecule has 70 valence electrons. The molecule has 0 saturated carbocycles. The Labute approximate surface area is 77.8 Å². The van der Waals surface area contributed by atoms with E-state index in [1.54, 1.807) is 0 Å². The standard InChI is InChI=1S/C10H14N2O/c1-12-7(6-13)5-8-9(11)3-2-4-10(8)12/h2-5,8,10,13H,6,11H2,1H3. The van der Waals surface area contributed by atoms with Gasteiger partial charge in [-0.3, -0.25) is 0 Å². The summed E-state index contributed by atoms with van der Waals surface area (Å²) in [6.45, 7) is 0.0879. The highest BCUT2D eigenvalue weighted by Crippen LogP contribution is 2.31. The lowest BCUT2D eigenvalue weighted by molar-refractivity contribution is 0.262. The lowest BCUT2D eigenvalue weighted by Crippen LogP contribution is -2.33. The fourth-order valence-corrected chi connectivity index (χ4v) is 1.95. The third-order valence-corrected chi connectivity index (χ3v) is 2.78. The van der Waals surface area contributed by atoms with Crippen LogP contribution in [0.3, 0.4) is 0 Å². The largest absolute Gasteiger partial charge is 0.401 e. The van der Waals surface area contributed by atoms with Gasteiger partial charge in [-0.15, -0.1) is 0 Å². The Morgan fingerprint density at radius 3 is 3.00 bits per heavy atom. The Kier molecular flexibility index (Phi) is 1.88. The molecule has 2 atom stereocenters. The van der Waals surface area contributed by atoms with Gasteiger partial charge in [0, 0.05) is 24.4 Å². The van der Waals surface area contributed by atoms with E-state index >= 15 is 0 Å². The van der Waals surface area contributed by atoms with Crippen LogP contribution in [0.4, 0.5) is 0 Å². The molecule has 0 spiro atoms. The average Bonchev–Trinajstić information content (AvgIpc) is 2.45. The highest BCUT2D eigenvalue weighted by atomic mass is 16.3. The molecule has 1 heterocycles. The number of nitrogens with two attached hydrogens (primary N) is 1. The Morgan fingerprint density at radius 1 is 1.62 bits per heavy atom. The van der Waals surface area contributed by atoms with Crippen molar-refractivity contribution in [1.29, 1.82) is 0 Å². The van der Waals surface area contributed by atoms with E-state index < -0.39 is 0 Å². The average molecular weight is 178 g/mol. The molecule has 0 bridgehead atoms. The third-order valence-electron chi connectivity index (χ3n) is 2.78. The molecule has 0 aromatic heterocycles. The molecule has 0 fully saturated rings. The molecule has 0 aromatic carbocycles. The second kappa shape index (κ2) is 2.92. The minimum atomic E-state index is 0.0879. The molecule has 0 amide bonds. The molecular formula is C10H14N2O. The summed E-state index contributed by atoms with van der Waals surface area (Å²) in [5.74, 6) is 0.247. The first-order valence-electron chi connectivity index (χ1n) is 4.42. The topological polar surface area (TPSA) is 49.5 Å². The van der Waals surface area contributed by atoms with Crippen molar-refractivity contribution >= 4 is 0 Å². The quantitative estimate of drug-likeness (QED) is 0.603. The Bertz CT molecular complexity index is 304. The molecular weight excluding hydrogens is 164 g/mol. The van der Waals surface area contributed by atoms with Crippen molar-refractivity contribution in [3.8, 4) is 0 Å². The monoisotopic (exact) mass is 178 g/mol. The minimum absolute atomic E-state index is 0.0879. The molecule has 3 heteroatoms. The summed E-state index contributed by atoms with van der Waals surface area (Å²) in [5.41, 5.74) is 7.69. The van der Waals surface area contributed by atoms with E-state index in [1.165, 1.54) is 0 Å². The van der Waals surface area contributed by atoms with Crippen molar-refractivity contribution in [3.63, 3.8) is 0 Å². The van der Waals surface area contributed by atoms with Gasteiger partial charge in [0.05, 0.1) is 12.6 Å². The summed E-state index contributed by atoms with van der Waals surface area (Å²) >= 11 is 0. The molecule has 13 heavy (non-hydrogen) atoms. The van der Waals surface area contributed by atoms with Crippen molar-refractivity contribution in [2.45, 2.75) is 6.04 Å². The second-order valence-electron chi connectivity index (χ2n) is 3.49. The zero-order chi connectivity index (χ0) is 9.42. The van der Waals surface area contributed by atoms with E-state index in [0.29, 0.717) is 6.04 Å². The first kappa shape index (κ1) is 8.38. The van der Waals surface area contributed by atoms with Crippen LogP contribution in [0, 0.1) is 5.92 Å². The smallest absolute Gasteiger partial charge is 0.0826 e. The van der Waals surface area contributed by atoms with Crippen molar-refractivity contribution in [3.05, 3.63) is 35.7 Å². The van der Waals surface area contributed by atoms with Gasteiger partial charge in [0.15, 0.2) is 0 Å². The SMILES string of the molecule is CN1C(CO)=CC2C(N)=CC=CC21. The van der Waals surface area contributed by atoms with Crippen LogP contribution in [0.1, 0.15) is 0 Å². The van der Waals surface area contributed by atoms with Gasteiger partial charge in [-0.1, -0.05) is 18.2 Å². The number of aliphatic hydroxyl groups excluding tert-OH is 1. The summed E-state index contributed by atoms with van der Waals surface area (Å²) in [7, 11) is 1.98. The predicted molar refractivity (Wildman–Crippen MR) is 51.6 cm³/mol. The maximum Gasteiger partial charge on any atom is 0.0826 e. The molecule has 3 N–H and O–H groups in total. The number of aliphatic hydroxyl groups is 1. The number of allylic oxidation sites excluding steroid dienone is 2. The Morgan fingerprint density at radius 2 is 2.38 bits per heavy atom. The first-order valence-corrected chi connectivity index (χ1v) is 4.42. The zero-order valence-electron chi connectivity index (χ0n) is 7.64. The summed E-state index contributed by atoms with van der Waals surface area (Å²) < 4.78 is 0. The van der Waals surface area contributed by atoms with Gasteiger partial charge in [-0.25, -0.2) is 0 Å². The highest BCUT2D eigenvalue weighted by molar-refractivity contribution is 5.33.